The lowest BCUT2D eigenvalue weighted by molar-refractivity contribution is -0.127. The molecule has 0 aliphatic carbocycles. The molecule has 0 saturated carbocycles. The second-order valence-electron chi connectivity index (χ2n) is 3.94. The number of Topliss-reactive ketones (excluding diaryl/α,β-unsaturated/α-hetero) is 1. The van der Waals surface area contributed by atoms with E-state index >= 15 is 0 Å². The van der Waals surface area contributed by atoms with Gasteiger partial charge in [0.05, 0.1) is 12.7 Å². The Hall–Kier alpha value is -1.84. The Morgan fingerprint density at radius 1 is 1.41 bits per heavy atom. The molecule has 0 atom stereocenters. The molecule has 0 fully saturated rings. The fourth-order valence-electron chi connectivity index (χ4n) is 1.48. The molecule has 1 rings (SSSR count). The summed E-state index contributed by atoms with van der Waals surface area (Å²) in [6, 6.07) is 5.41. The Morgan fingerprint density at radius 2 is 2.12 bits per heavy atom. The van der Waals surface area contributed by atoms with Crippen molar-refractivity contribution in [1.29, 1.82) is 0 Å². The van der Waals surface area contributed by atoms with Gasteiger partial charge in [-0.3, -0.25) is 9.59 Å². The third-order valence-corrected chi connectivity index (χ3v) is 2.48. The van der Waals surface area contributed by atoms with Crippen molar-refractivity contribution >= 4 is 12.3 Å². The van der Waals surface area contributed by atoms with Crippen LogP contribution in [0.4, 0.5) is 0 Å². The van der Waals surface area contributed by atoms with Gasteiger partial charge >= 0.3 is 0 Å². The molecule has 4 nitrogen and oxygen atoms in total. The van der Waals surface area contributed by atoms with E-state index in [4.69, 9.17) is 4.74 Å². The van der Waals surface area contributed by atoms with Crippen LogP contribution in [0.3, 0.4) is 0 Å². The molecule has 17 heavy (non-hydrogen) atoms. The van der Waals surface area contributed by atoms with Gasteiger partial charge in [0.15, 0.2) is 6.61 Å². The summed E-state index contributed by atoms with van der Waals surface area (Å²) in [4.78, 5) is 21.7. The third kappa shape index (κ3) is 3.31. The number of hydrogen-bond acceptors (Lipinski definition) is 4. The molecule has 0 aliphatic heterocycles. The van der Waals surface area contributed by atoms with Gasteiger partial charge in [0, 0.05) is 0 Å². The third-order valence-electron chi connectivity index (χ3n) is 2.48. The van der Waals surface area contributed by atoms with Crippen LogP contribution >= 0.6 is 0 Å². The highest BCUT2D eigenvalue weighted by Gasteiger charge is 2.14. The van der Waals surface area contributed by atoms with E-state index in [1.807, 2.05) is 12.1 Å². The molecule has 92 valence electrons. The maximum absolute atomic E-state index is 11.7. The first-order valence-electron chi connectivity index (χ1n) is 5.36. The van der Waals surface area contributed by atoms with Crippen LogP contribution in [0.5, 0.6) is 5.75 Å². The Bertz CT molecular complexity index is 410. The average Bonchev–Trinajstić information content (AvgIpc) is 2.34. The summed E-state index contributed by atoms with van der Waals surface area (Å²) in [6.07, 6.45) is 0. The first-order valence-corrected chi connectivity index (χ1v) is 5.36. The summed E-state index contributed by atoms with van der Waals surface area (Å²) in [7, 11) is 1.51. The molecule has 0 aliphatic rings. The molecule has 0 N–H and O–H groups in total. The van der Waals surface area contributed by atoms with Crippen molar-refractivity contribution in [2.75, 3.05) is 13.7 Å². The summed E-state index contributed by atoms with van der Waals surface area (Å²) in [5.74, 6) is 0.597. The van der Waals surface area contributed by atoms with E-state index in [9.17, 15) is 9.59 Å². The van der Waals surface area contributed by atoms with Crippen LogP contribution in [0.15, 0.2) is 18.2 Å². The first kappa shape index (κ1) is 13.2. The monoisotopic (exact) mass is 236 g/mol. The largest absolute Gasteiger partial charge is 0.496 e. The van der Waals surface area contributed by atoms with Crippen molar-refractivity contribution in [2.24, 2.45) is 0 Å². The normalized spacial score (nSPS) is 10.1. The standard InChI is InChI=1S/C13H16O4/c1-9(2)10-4-5-11(13(6-10)16-3)12(15)7-17-8-14/h4-6,8-9H,7H2,1-3H3. The molecule has 0 bridgehead atoms. The molecule has 0 spiro atoms. The number of benzene rings is 1. The number of rotatable bonds is 6. The lowest BCUT2D eigenvalue weighted by atomic mass is 9.99. The minimum Gasteiger partial charge on any atom is -0.496 e. The highest BCUT2D eigenvalue weighted by Crippen LogP contribution is 2.25. The minimum atomic E-state index is -0.274. The zero-order valence-electron chi connectivity index (χ0n) is 10.2. The maximum Gasteiger partial charge on any atom is 0.293 e. The quantitative estimate of drug-likeness (QED) is 0.561. The van der Waals surface area contributed by atoms with Crippen LogP contribution in [0.2, 0.25) is 0 Å². The summed E-state index contributed by atoms with van der Waals surface area (Å²) in [5, 5.41) is 0. The Labute approximate surface area is 101 Å². The van der Waals surface area contributed by atoms with Crippen LogP contribution in [0, 0.1) is 0 Å². The SMILES string of the molecule is COc1cc(C(C)C)ccc1C(=O)COC=O. The van der Waals surface area contributed by atoms with Crippen molar-refractivity contribution in [3.8, 4) is 5.75 Å². The predicted molar refractivity (Wildman–Crippen MR) is 63.4 cm³/mol. The molecule has 4 heteroatoms. The Kier molecular flexibility index (Phi) is 4.69. The van der Waals surface area contributed by atoms with Crippen LogP contribution in [0.1, 0.15) is 35.7 Å². The summed E-state index contributed by atoms with van der Waals surface area (Å²) in [5.41, 5.74) is 1.52. The minimum absolute atomic E-state index is 0.257. The smallest absolute Gasteiger partial charge is 0.293 e. The topological polar surface area (TPSA) is 52.6 Å². The van der Waals surface area contributed by atoms with Crippen LogP contribution < -0.4 is 4.74 Å². The number of carbonyl (C=O) groups is 2. The van der Waals surface area contributed by atoms with E-state index in [-0.39, 0.29) is 18.9 Å². The van der Waals surface area contributed by atoms with E-state index in [1.54, 1.807) is 6.07 Å². The second kappa shape index (κ2) is 6.03. The van der Waals surface area contributed by atoms with E-state index < -0.39 is 0 Å². The zero-order chi connectivity index (χ0) is 12.8. The Balaban J connectivity index is 2.99. The van der Waals surface area contributed by atoms with E-state index in [1.165, 1.54) is 7.11 Å². The van der Waals surface area contributed by atoms with E-state index in [2.05, 4.69) is 18.6 Å². The van der Waals surface area contributed by atoms with Crippen molar-refractivity contribution in [3.05, 3.63) is 29.3 Å². The van der Waals surface area contributed by atoms with Gasteiger partial charge in [-0.15, -0.1) is 0 Å². The molecular formula is C13H16O4. The number of methoxy groups -OCH3 is 1. The van der Waals surface area contributed by atoms with Crippen LogP contribution in [0.25, 0.3) is 0 Å². The number of hydrogen-bond donors (Lipinski definition) is 0. The summed E-state index contributed by atoms with van der Waals surface area (Å²) in [6.45, 7) is 4.12. The van der Waals surface area contributed by atoms with Gasteiger partial charge in [0.1, 0.15) is 5.75 Å². The second-order valence-corrected chi connectivity index (χ2v) is 3.94. The number of ketones is 1. The Morgan fingerprint density at radius 3 is 2.65 bits per heavy atom. The van der Waals surface area contributed by atoms with Crippen LogP contribution in [-0.4, -0.2) is 26.0 Å². The fourth-order valence-corrected chi connectivity index (χ4v) is 1.48. The molecular weight excluding hydrogens is 220 g/mol. The highest BCUT2D eigenvalue weighted by molar-refractivity contribution is 6.00. The van der Waals surface area contributed by atoms with Crippen molar-refractivity contribution < 1.29 is 19.1 Å². The van der Waals surface area contributed by atoms with Gasteiger partial charge in [-0.1, -0.05) is 19.9 Å². The van der Waals surface area contributed by atoms with Gasteiger partial charge in [-0.2, -0.15) is 0 Å². The van der Waals surface area contributed by atoms with Crippen molar-refractivity contribution in [1.82, 2.24) is 0 Å². The predicted octanol–water partition coefficient (Wildman–Crippen LogP) is 2.17. The molecule has 0 aromatic heterocycles. The summed E-state index contributed by atoms with van der Waals surface area (Å²) < 4.78 is 9.61. The van der Waals surface area contributed by atoms with Gasteiger partial charge in [-0.05, 0) is 23.6 Å². The molecule has 1 aromatic rings. The van der Waals surface area contributed by atoms with Crippen molar-refractivity contribution in [3.63, 3.8) is 0 Å². The number of carbonyl (C=O) groups excluding carboxylic acids is 2. The van der Waals surface area contributed by atoms with E-state index in [0.29, 0.717) is 17.2 Å². The van der Waals surface area contributed by atoms with Crippen molar-refractivity contribution in [2.45, 2.75) is 19.8 Å². The molecule has 0 heterocycles. The van der Waals surface area contributed by atoms with Gasteiger partial charge in [-0.25, -0.2) is 0 Å². The average molecular weight is 236 g/mol. The zero-order valence-corrected chi connectivity index (χ0v) is 10.2. The van der Waals surface area contributed by atoms with Gasteiger partial charge in [0.25, 0.3) is 6.47 Å². The molecule has 0 radical (unpaired) electrons. The van der Waals surface area contributed by atoms with Gasteiger partial charge < -0.3 is 9.47 Å². The first-order chi connectivity index (χ1) is 8.10. The maximum atomic E-state index is 11.7. The van der Waals surface area contributed by atoms with Gasteiger partial charge in [0.2, 0.25) is 5.78 Å². The van der Waals surface area contributed by atoms with Crippen LogP contribution in [-0.2, 0) is 9.53 Å². The lowest BCUT2D eigenvalue weighted by Gasteiger charge is -2.11. The lowest BCUT2D eigenvalue weighted by Crippen LogP contribution is -2.10. The fraction of sp³-hybridized carbons (Fsp3) is 0.385. The molecule has 0 amide bonds. The molecule has 1 aromatic carbocycles. The summed E-state index contributed by atoms with van der Waals surface area (Å²) >= 11 is 0. The number of ether oxygens (including phenoxy) is 2. The van der Waals surface area contributed by atoms with E-state index in [0.717, 1.165) is 5.56 Å². The molecule has 0 unspecified atom stereocenters. The molecule has 0 saturated heterocycles. The highest BCUT2D eigenvalue weighted by atomic mass is 16.5.